The van der Waals surface area contributed by atoms with E-state index < -0.39 is 11.7 Å². The van der Waals surface area contributed by atoms with E-state index in [2.05, 4.69) is 16.0 Å². The molecule has 154 valence electrons. The van der Waals surface area contributed by atoms with Crippen LogP contribution >= 0.6 is 0 Å². The van der Waals surface area contributed by atoms with Gasteiger partial charge in [0.05, 0.1) is 0 Å². The molecule has 0 aliphatic heterocycles. The number of amides is 3. The second-order valence-corrected chi connectivity index (χ2v) is 8.09. The van der Waals surface area contributed by atoms with E-state index in [1.807, 2.05) is 0 Å². The minimum Gasteiger partial charge on any atom is -0.444 e. The number of anilines is 1. The summed E-state index contributed by atoms with van der Waals surface area (Å²) in [5.74, 6) is -0.177. The normalized spacial score (nSPS) is 14.8. The average molecular weight is 389 g/mol. The monoisotopic (exact) mass is 389 g/mol. The quantitative estimate of drug-likeness (QED) is 0.649. The average Bonchev–Trinajstić information content (AvgIpc) is 2.64. The fourth-order valence-electron chi connectivity index (χ4n) is 3.10. The molecule has 7 nitrogen and oxygen atoms in total. The van der Waals surface area contributed by atoms with E-state index in [0.29, 0.717) is 11.3 Å². The Balaban J connectivity index is 1.78. The number of benzene rings is 1. The van der Waals surface area contributed by atoms with Crippen LogP contribution < -0.4 is 16.0 Å². The van der Waals surface area contributed by atoms with Crippen molar-refractivity contribution in [1.82, 2.24) is 10.6 Å². The summed E-state index contributed by atoms with van der Waals surface area (Å²) in [6, 6.07) is 6.87. The third kappa shape index (κ3) is 7.58. The Morgan fingerprint density at radius 2 is 1.71 bits per heavy atom. The van der Waals surface area contributed by atoms with Gasteiger partial charge in [-0.25, -0.2) is 4.79 Å². The fraction of sp³-hybridized carbons (Fsp3) is 0.571. The van der Waals surface area contributed by atoms with Crippen LogP contribution in [0.1, 0.15) is 63.2 Å². The van der Waals surface area contributed by atoms with E-state index in [1.54, 1.807) is 45.0 Å². The van der Waals surface area contributed by atoms with Gasteiger partial charge in [0.2, 0.25) is 5.91 Å². The van der Waals surface area contributed by atoms with E-state index in [1.165, 1.54) is 6.42 Å². The van der Waals surface area contributed by atoms with Gasteiger partial charge in [0.15, 0.2) is 0 Å². The maximum atomic E-state index is 12.4. The predicted molar refractivity (Wildman–Crippen MR) is 108 cm³/mol. The van der Waals surface area contributed by atoms with Gasteiger partial charge < -0.3 is 20.7 Å². The van der Waals surface area contributed by atoms with Crippen LogP contribution in [0.4, 0.5) is 10.5 Å². The van der Waals surface area contributed by atoms with Gasteiger partial charge in [-0.3, -0.25) is 9.59 Å². The lowest BCUT2D eigenvalue weighted by molar-refractivity contribution is -0.120. The first-order valence-electron chi connectivity index (χ1n) is 9.90. The van der Waals surface area contributed by atoms with Gasteiger partial charge in [-0.1, -0.05) is 25.3 Å². The van der Waals surface area contributed by atoms with Crippen molar-refractivity contribution in [2.24, 2.45) is 5.92 Å². The highest BCUT2D eigenvalue weighted by molar-refractivity contribution is 5.97. The molecule has 28 heavy (non-hydrogen) atoms. The fourth-order valence-corrected chi connectivity index (χ4v) is 3.10. The standard InChI is InChI=1S/C21H31N3O4/c1-21(2,3)28-20(27)23-13-12-22-18(25)16-10-7-11-17(14-16)24-19(26)15-8-5-4-6-9-15/h7,10-11,14-15H,4-6,8-9,12-13H2,1-3H3,(H,22,25)(H,23,27)(H,24,26). The zero-order valence-corrected chi connectivity index (χ0v) is 17.0. The molecule has 1 aliphatic carbocycles. The number of carbonyl (C=O) groups is 3. The molecular formula is C21H31N3O4. The summed E-state index contributed by atoms with van der Waals surface area (Å²) < 4.78 is 5.13. The van der Waals surface area contributed by atoms with Crippen LogP contribution in [0.25, 0.3) is 0 Å². The Morgan fingerprint density at radius 1 is 1.04 bits per heavy atom. The second-order valence-electron chi connectivity index (χ2n) is 8.09. The second kappa shape index (κ2) is 10.1. The molecule has 1 aliphatic rings. The molecule has 0 aromatic heterocycles. The van der Waals surface area contributed by atoms with Gasteiger partial charge in [0.1, 0.15) is 5.60 Å². The molecule has 3 N–H and O–H groups in total. The van der Waals surface area contributed by atoms with Crippen molar-refractivity contribution in [2.75, 3.05) is 18.4 Å². The van der Waals surface area contributed by atoms with Crippen LogP contribution in [0.5, 0.6) is 0 Å². The number of carbonyl (C=O) groups excluding carboxylic acids is 3. The SMILES string of the molecule is CC(C)(C)OC(=O)NCCNC(=O)c1cccc(NC(=O)C2CCCCC2)c1. The van der Waals surface area contributed by atoms with Crippen LogP contribution in [0.3, 0.4) is 0 Å². The molecule has 0 spiro atoms. The zero-order chi connectivity index (χ0) is 20.6. The number of hydrogen-bond acceptors (Lipinski definition) is 4. The van der Waals surface area contributed by atoms with E-state index >= 15 is 0 Å². The van der Waals surface area contributed by atoms with E-state index in [-0.39, 0.29) is 30.8 Å². The van der Waals surface area contributed by atoms with Gasteiger partial charge in [-0.15, -0.1) is 0 Å². The van der Waals surface area contributed by atoms with Crippen LogP contribution in [-0.4, -0.2) is 36.6 Å². The molecule has 1 fully saturated rings. The minimum absolute atomic E-state index is 0.0267. The van der Waals surface area contributed by atoms with Gasteiger partial charge in [0, 0.05) is 30.3 Å². The lowest BCUT2D eigenvalue weighted by Gasteiger charge is -2.20. The molecule has 1 aromatic carbocycles. The summed E-state index contributed by atoms with van der Waals surface area (Å²) in [6.07, 6.45) is 4.72. The van der Waals surface area contributed by atoms with Crippen LogP contribution in [0, 0.1) is 5.92 Å². The number of rotatable bonds is 6. The van der Waals surface area contributed by atoms with Gasteiger partial charge >= 0.3 is 6.09 Å². The first-order valence-corrected chi connectivity index (χ1v) is 9.90. The summed E-state index contributed by atoms with van der Waals surface area (Å²) in [5, 5.41) is 8.24. The van der Waals surface area contributed by atoms with Crippen LogP contribution in [0.15, 0.2) is 24.3 Å². The van der Waals surface area contributed by atoms with Crippen molar-refractivity contribution in [1.29, 1.82) is 0 Å². The Kier molecular flexibility index (Phi) is 7.84. The summed E-state index contributed by atoms with van der Waals surface area (Å²) in [6.45, 7) is 5.90. The highest BCUT2D eigenvalue weighted by Gasteiger charge is 2.21. The number of hydrogen-bond donors (Lipinski definition) is 3. The van der Waals surface area contributed by atoms with Gasteiger partial charge in [0.25, 0.3) is 5.91 Å². The Hall–Kier alpha value is -2.57. The molecule has 0 saturated heterocycles. The van der Waals surface area contributed by atoms with Crippen molar-refractivity contribution in [3.8, 4) is 0 Å². The number of ether oxygens (including phenoxy) is 1. The summed E-state index contributed by atoms with van der Waals surface area (Å²) in [4.78, 5) is 36.2. The summed E-state index contributed by atoms with van der Waals surface area (Å²) in [5.41, 5.74) is 0.518. The highest BCUT2D eigenvalue weighted by Crippen LogP contribution is 2.25. The van der Waals surface area contributed by atoms with Crippen LogP contribution in [0.2, 0.25) is 0 Å². The first-order chi connectivity index (χ1) is 13.2. The molecule has 0 bridgehead atoms. The predicted octanol–water partition coefficient (Wildman–Crippen LogP) is 3.46. The van der Waals surface area contributed by atoms with Crippen LogP contribution in [-0.2, 0) is 9.53 Å². The van der Waals surface area contributed by atoms with E-state index in [0.717, 1.165) is 25.7 Å². The maximum absolute atomic E-state index is 12.4. The topological polar surface area (TPSA) is 96.5 Å². The minimum atomic E-state index is -0.560. The van der Waals surface area contributed by atoms with Crippen molar-refractivity contribution in [2.45, 2.75) is 58.5 Å². The smallest absolute Gasteiger partial charge is 0.407 e. The van der Waals surface area contributed by atoms with Gasteiger partial charge in [-0.05, 0) is 51.8 Å². The molecule has 3 amide bonds. The summed E-state index contributed by atoms with van der Waals surface area (Å²) >= 11 is 0. The van der Waals surface area contributed by atoms with Crippen molar-refractivity contribution < 1.29 is 19.1 Å². The van der Waals surface area contributed by atoms with E-state index in [4.69, 9.17) is 4.74 Å². The molecule has 0 heterocycles. The first kappa shape index (κ1) is 21.7. The van der Waals surface area contributed by atoms with Crippen molar-refractivity contribution >= 4 is 23.6 Å². The third-order valence-electron chi connectivity index (χ3n) is 4.45. The molecule has 0 unspecified atom stereocenters. The number of nitrogens with one attached hydrogen (secondary N) is 3. The molecular weight excluding hydrogens is 358 g/mol. The molecule has 0 radical (unpaired) electrons. The summed E-state index contributed by atoms with van der Waals surface area (Å²) in [7, 11) is 0. The van der Waals surface area contributed by atoms with Gasteiger partial charge in [-0.2, -0.15) is 0 Å². The zero-order valence-electron chi connectivity index (χ0n) is 17.0. The third-order valence-corrected chi connectivity index (χ3v) is 4.45. The lowest BCUT2D eigenvalue weighted by Crippen LogP contribution is -2.37. The largest absolute Gasteiger partial charge is 0.444 e. The molecule has 7 heteroatoms. The highest BCUT2D eigenvalue weighted by atomic mass is 16.6. The molecule has 0 atom stereocenters. The van der Waals surface area contributed by atoms with Crippen molar-refractivity contribution in [3.05, 3.63) is 29.8 Å². The Morgan fingerprint density at radius 3 is 2.39 bits per heavy atom. The lowest BCUT2D eigenvalue weighted by atomic mass is 9.88. The molecule has 1 aromatic rings. The Labute approximate surface area is 166 Å². The maximum Gasteiger partial charge on any atom is 0.407 e. The number of alkyl carbamates (subject to hydrolysis) is 1. The molecule has 1 saturated carbocycles. The van der Waals surface area contributed by atoms with Crippen molar-refractivity contribution in [3.63, 3.8) is 0 Å². The molecule has 2 rings (SSSR count). The van der Waals surface area contributed by atoms with E-state index in [9.17, 15) is 14.4 Å². The Bertz CT molecular complexity index is 691.